The molecule has 4 N–H and O–H groups in total. The van der Waals surface area contributed by atoms with Crippen LogP contribution in [0.1, 0.15) is 11.1 Å². The molecule has 70 valence electrons. The molecule has 0 amide bonds. The molecule has 0 aliphatic carbocycles. The average Bonchev–Trinajstić information content (AvgIpc) is 2.16. The summed E-state index contributed by atoms with van der Waals surface area (Å²) in [7, 11) is 0. The zero-order valence-electron chi connectivity index (χ0n) is 7.74. The van der Waals surface area contributed by atoms with Crippen molar-refractivity contribution in [2.45, 2.75) is 6.42 Å². The Balaban J connectivity index is 2.73. The Bertz CT molecular complexity index is 279. The van der Waals surface area contributed by atoms with E-state index in [2.05, 4.69) is 18.2 Å². The van der Waals surface area contributed by atoms with Gasteiger partial charge in [-0.25, -0.2) is 0 Å². The molecular weight excluding hydrogens is 160 g/mol. The van der Waals surface area contributed by atoms with Crippen LogP contribution in [0.15, 0.2) is 30.3 Å². The predicted molar refractivity (Wildman–Crippen MR) is 57.3 cm³/mol. The number of hydrogen-bond donors (Lipinski definition) is 2. The van der Waals surface area contributed by atoms with Crippen molar-refractivity contribution in [3.63, 3.8) is 0 Å². The van der Waals surface area contributed by atoms with E-state index >= 15 is 0 Å². The van der Waals surface area contributed by atoms with Crippen molar-refractivity contribution in [1.82, 2.24) is 0 Å². The van der Waals surface area contributed by atoms with Gasteiger partial charge in [-0.1, -0.05) is 36.4 Å². The van der Waals surface area contributed by atoms with Gasteiger partial charge >= 0.3 is 0 Å². The first-order valence-corrected chi connectivity index (χ1v) is 4.52. The topological polar surface area (TPSA) is 52.0 Å². The minimum Gasteiger partial charge on any atom is -0.330 e. The molecule has 0 spiro atoms. The molecule has 2 nitrogen and oxygen atoms in total. The van der Waals surface area contributed by atoms with Crippen LogP contribution in [-0.4, -0.2) is 13.1 Å². The van der Waals surface area contributed by atoms with Crippen molar-refractivity contribution in [3.05, 3.63) is 41.5 Å². The highest BCUT2D eigenvalue weighted by Crippen LogP contribution is 2.06. The van der Waals surface area contributed by atoms with E-state index in [1.165, 1.54) is 11.1 Å². The summed E-state index contributed by atoms with van der Waals surface area (Å²) in [4.78, 5) is 0. The van der Waals surface area contributed by atoms with Gasteiger partial charge in [-0.3, -0.25) is 0 Å². The van der Waals surface area contributed by atoms with E-state index in [4.69, 9.17) is 11.5 Å². The van der Waals surface area contributed by atoms with Gasteiger partial charge in [-0.05, 0) is 24.1 Å². The Morgan fingerprint density at radius 3 is 2.77 bits per heavy atom. The summed E-state index contributed by atoms with van der Waals surface area (Å²) >= 11 is 0. The van der Waals surface area contributed by atoms with Gasteiger partial charge in [0, 0.05) is 6.54 Å². The Morgan fingerprint density at radius 2 is 2.08 bits per heavy atom. The van der Waals surface area contributed by atoms with E-state index in [1.807, 2.05) is 18.2 Å². The largest absolute Gasteiger partial charge is 0.330 e. The molecule has 0 heterocycles. The number of nitrogens with two attached hydrogens (primary N) is 2. The monoisotopic (exact) mass is 176 g/mol. The molecule has 0 fully saturated rings. The normalized spacial score (nSPS) is 10.9. The molecule has 2 heteroatoms. The molecule has 0 atom stereocenters. The number of rotatable bonds is 4. The first-order valence-electron chi connectivity index (χ1n) is 4.52. The van der Waals surface area contributed by atoms with E-state index in [9.17, 15) is 0 Å². The highest BCUT2D eigenvalue weighted by molar-refractivity contribution is 5.50. The van der Waals surface area contributed by atoms with Crippen LogP contribution in [0, 0.1) is 0 Å². The van der Waals surface area contributed by atoms with Crippen LogP contribution < -0.4 is 11.5 Å². The minimum atomic E-state index is 0.584. The van der Waals surface area contributed by atoms with Gasteiger partial charge in [0.2, 0.25) is 0 Å². The first-order chi connectivity index (χ1) is 6.36. The van der Waals surface area contributed by atoms with Gasteiger partial charge < -0.3 is 11.5 Å². The second kappa shape index (κ2) is 5.51. The maximum absolute atomic E-state index is 5.47. The predicted octanol–water partition coefficient (Wildman–Crippen LogP) is 1.16. The van der Waals surface area contributed by atoms with E-state index in [1.54, 1.807) is 0 Å². The molecule has 1 rings (SSSR count). The van der Waals surface area contributed by atoms with Crippen molar-refractivity contribution in [1.29, 1.82) is 0 Å². The Kier molecular flexibility index (Phi) is 4.23. The molecule has 0 radical (unpaired) electrons. The average molecular weight is 176 g/mol. The van der Waals surface area contributed by atoms with Crippen LogP contribution in [0.4, 0.5) is 0 Å². The van der Waals surface area contributed by atoms with Crippen LogP contribution in [0.5, 0.6) is 0 Å². The van der Waals surface area contributed by atoms with E-state index in [0.717, 1.165) is 6.42 Å². The van der Waals surface area contributed by atoms with E-state index in [0.29, 0.717) is 13.1 Å². The van der Waals surface area contributed by atoms with Crippen molar-refractivity contribution in [2.24, 2.45) is 11.5 Å². The van der Waals surface area contributed by atoms with Gasteiger partial charge in [0.05, 0.1) is 0 Å². The lowest BCUT2D eigenvalue weighted by atomic mass is 10.1. The quantitative estimate of drug-likeness (QED) is 0.723. The molecular formula is C11H16N2. The van der Waals surface area contributed by atoms with Crippen LogP contribution in [-0.2, 0) is 6.42 Å². The molecule has 0 unspecified atom stereocenters. The zero-order chi connectivity index (χ0) is 9.52. The summed E-state index contributed by atoms with van der Waals surface area (Å²) in [5.41, 5.74) is 13.3. The molecule has 0 aliphatic rings. The SMILES string of the molecule is NCC=Cc1cccc(CCN)c1. The molecule has 0 bridgehead atoms. The van der Waals surface area contributed by atoms with E-state index < -0.39 is 0 Å². The molecule has 1 aromatic carbocycles. The number of benzene rings is 1. The summed E-state index contributed by atoms with van der Waals surface area (Å²) in [6.45, 7) is 1.28. The van der Waals surface area contributed by atoms with Crippen LogP contribution in [0.2, 0.25) is 0 Å². The van der Waals surface area contributed by atoms with Crippen molar-refractivity contribution >= 4 is 6.08 Å². The van der Waals surface area contributed by atoms with Gasteiger partial charge in [0.15, 0.2) is 0 Å². The lowest BCUT2D eigenvalue weighted by molar-refractivity contribution is 0.968. The third kappa shape index (κ3) is 3.40. The van der Waals surface area contributed by atoms with Gasteiger partial charge in [-0.2, -0.15) is 0 Å². The smallest absolute Gasteiger partial charge is 0.0110 e. The van der Waals surface area contributed by atoms with Crippen molar-refractivity contribution in [2.75, 3.05) is 13.1 Å². The number of hydrogen-bond acceptors (Lipinski definition) is 2. The van der Waals surface area contributed by atoms with E-state index in [-0.39, 0.29) is 0 Å². The molecule has 0 aliphatic heterocycles. The summed E-state index contributed by atoms with van der Waals surface area (Å²) in [6, 6.07) is 8.33. The van der Waals surface area contributed by atoms with Crippen molar-refractivity contribution in [3.8, 4) is 0 Å². The van der Waals surface area contributed by atoms with Crippen LogP contribution >= 0.6 is 0 Å². The molecule has 0 saturated heterocycles. The standard InChI is InChI=1S/C11H16N2/c12-7-2-5-10-3-1-4-11(9-10)6-8-13/h1-5,9H,6-8,12-13H2. The van der Waals surface area contributed by atoms with Crippen LogP contribution in [0.3, 0.4) is 0 Å². The summed E-state index contributed by atoms with van der Waals surface area (Å²) in [5.74, 6) is 0. The minimum absolute atomic E-state index is 0.584. The first kappa shape index (κ1) is 9.96. The third-order valence-electron chi connectivity index (χ3n) is 1.83. The molecule has 13 heavy (non-hydrogen) atoms. The second-order valence-electron chi connectivity index (χ2n) is 2.92. The Morgan fingerprint density at radius 1 is 1.23 bits per heavy atom. The fourth-order valence-corrected chi connectivity index (χ4v) is 1.22. The second-order valence-corrected chi connectivity index (χ2v) is 2.92. The maximum Gasteiger partial charge on any atom is 0.0110 e. The highest BCUT2D eigenvalue weighted by Gasteiger charge is 1.91. The Hall–Kier alpha value is -1.12. The zero-order valence-corrected chi connectivity index (χ0v) is 7.74. The third-order valence-corrected chi connectivity index (χ3v) is 1.83. The lowest BCUT2D eigenvalue weighted by Crippen LogP contribution is -2.02. The van der Waals surface area contributed by atoms with Crippen molar-refractivity contribution < 1.29 is 0 Å². The van der Waals surface area contributed by atoms with Gasteiger partial charge in [0.25, 0.3) is 0 Å². The fourth-order valence-electron chi connectivity index (χ4n) is 1.22. The lowest BCUT2D eigenvalue weighted by Gasteiger charge is -1.99. The highest BCUT2D eigenvalue weighted by atomic mass is 14.5. The van der Waals surface area contributed by atoms with Gasteiger partial charge in [0.1, 0.15) is 0 Å². The molecule has 0 aromatic heterocycles. The molecule has 0 saturated carbocycles. The summed E-state index contributed by atoms with van der Waals surface area (Å²) in [6.07, 6.45) is 4.91. The van der Waals surface area contributed by atoms with Crippen LogP contribution in [0.25, 0.3) is 6.08 Å². The summed E-state index contributed by atoms with van der Waals surface area (Å²) < 4.78 is 0. The maximum atomic E-state index is 5.47. The Labute approximate surface area is 79.2 Å². The van der Waals surface area contributed by atoms with Gasteiger partial charge in [-0.15, -0.1) is 0 Å². The molecule has 1 aromatic rings. The fraction of sp³-hybridized carbons (Fsp3) is 0.273. The summed E-state index contributed by atoms with van der Waals surface area (Å²) in [5, 5.41) is 0.